The Kier molecular flexibility index (Phi) is 8.55. The molecule has 0 saturated carbocycles. The quantitative estimate of drug-likeness (QED) is 0.590. The van der Waals surface area contributed by atoms with Gasteiger partial charge in [0.15, 0.2) is 0 Å². The third-order valence-electron chi connectivity index (χ3n) is 4.80. The Hall–Kier alpha value is -3.19. The van der Waals surface area contributed by atoms with Gasteiger partial charge in [0.1, 0.15) is 0 Å². The number of carbonyl (C=O) groups is 3. The lowest BCUT2D eigenvalue weighted by molar-refractivity contribution is -0.123. The van der Waals surface area contributed by atoms with Crippen molar-refractivity contribution in [2.75, 3.05) is 29.0 Å². The number of likely N-dealkylation sites (N-methyl/N-ethyl adjacent to an activating group) is 1. The first-order chi connectivity index (χ1) is 14.3. The minimum absolute atomic E-state index is 0.0906. The summed E-state index contributed by atoms with van der Waals surface area (Å²) >= 11 is 0. The number of carbonyl (C=O) groups excluding carboxylic acids is 3. The molecule has 3 N–H and O–H groups in total. The monoisotopic (exact) mass is 410 g/mol. The molecule has 1 atom stereocenters. The molecule has 160 valence electrons. The SMILES string of the molecule is CCc1ccc(NC(=O)C(C)N(CC)CC(=O)Nc2ccc(NC(C)=O)cc2)cc1. The maximum absolute atomic E-state index is 12.6. The Morgan fingerprint density at radius 2 is 1.33 bits per heavy atom. The molecule has 1 unspecified atom stereocenters. The molecule has 0 aliphatic carbocycles. The lowest BCUT2D eigenvalue weighted by Crippen LogP contribution is -2.45. The third kappa shape index (κ3) is 7.00. The van der Waals surface area contributed by atoms with Crippen LogP contribution in [0.5, 0.6) is 0 Å². The van der Waals surface area contributed by atoms with E-state index in [1.165, 1.54) is 12.5 Å². The second-order valence-electron chi connectivity index (χ2n) is 7.09. The van der Waals surface area contributed by atoms with E-state index in [1.807, 2.05) is 31.2 Å². The largest absolute Gasteiger partial charge is 0.326 e. The van der Waals surface area contributed by atoms with Crippen molar-refractivity contribution < 1.29 is 14.4 Å². The van der Waals surface area contributed by atoms with E-state index in [1.54, 1.807) is 36.1 Å². The molecule has 0 aromatic heterocycles. The van der Waals surface area contributed by atoms with Gasteiger partial charge in [-0.15, -0.1) is 0 Å². The van der Waals surface area contributed by atoms with Gasteiger partial charge in [-0.05, 0) is 61.9 Å². The van der Waals surface area contributed by atoms with Crippen molar-refractivity contribution in [3.63, 3.8) is 0 Å². The fourth-order valence-corrected chi connectivity index (χ4v) is 2.98. The van der Waals surface area contributed by atoms with Crippen LogP contribution in [-0.4, -0.2) is 41.8 Å². The van der Waals surface area contributed by atoms with Gasteiger partial charge in [-0.25, -0.2) is 0 Å². The molecule has 7 heteroatoms. The first-order valence-corrected chi connectivity index (χ1v) is 10.1. The second kappa shape index (κ2) is 11.1. The molecule has 2 aromatic rings. The second-order valence-corrected chi connectivity index (χ2v) is 7.09. The van der Waals surface area contributed by atoms with Crippen LogP contribution in [0.4, 0.5) is 17.1 Å². The molecule has 0 spiro atoms. The highest BCUT2D eigenvalue weighted by Gasteiger charge is 2.22. The highest BCUT2D eigenvalue weighted by Crippen LogP contribution is 2.14. The van der Waals surface area contributed by atoms with Crippen molar-refractivity contribution >= 4 is 34.8 Å². The van der Waals surface area contributed by atoms with E-state index in [0.717, 1.165) is 12.1 Å². The summed E-state index contributed by atoms with van der Waals surface area (Å²) in [4.78, 5) is 37.9. The number of benzene rings is 2. The summed E-state index contributed by atoms with van der Waals surface area (Å²) < 4.78 is 0. The zero-order valence-corrected chi connectivity index (χ0v) is 18.0. The Bertz CT molecular complexity index is 863. The van der Waals surface area contributed by atoms with Crippen molar-refractivity contribution in [2.45, 2.75) is 40.2 Å². The lowest BCUT2D eigenvalue weighted by Gasteiger charge is -2.26. The Morgan fingerprint density at radius 3 is 1.83 bits per heavy atom. The van der Waals surface area contributed by atoms with Gasteiger partial charge in [-0.2, -0.15) is 0 Å². The van der Waals surface area contributed by atoms with Crippen molar-refractivity contribution in [3.05, 3.63) is 54.1 Å². The van der Waals surface area contributed by atoms with Crippen LogP contribution >= 0.6 is 0 Å². The zero-order chi connectivity index (χ0) is 22.1. The number of hydrogen-bond acceptors (Lipinski definition) is 4. The summed E-state index contributed by atoms with van der Waals surface area (Å²) in [7, 11) is 0. The van der Waals surface area contributed by atoms with Gasteiger partial charge in [0, 0.05) is 24.0 Å². The zero-order valence-electron chi connectivity index (χ0n) is 18.0. The molecular weight excluding hydrogens is 380 g/mol. The molecule has 0 fully saturated rings. The van der Waals surface area contributed by atoms with Crippen LogP contribution in [0.1, 0.15) is 33.3 Å². The molecule has 0 radical (unpaired) electrons. The van der Waals surface area contributed by atoms with Crippen LogP contribution in [0.15, 0.2) is 48.5 Å². The van der Waals surface area contributed by atoms with Crippen LogP contribution in [0, 0.1) is 0 Å². The molecule has 0 aliphatic rings. The molecular formula is C23H30N4O3. The molecule has 0 saturated heterocycles. The highest BCUT2D eigenvalue weighted by atomic mass is 16.2. The number of aryl methyl sites for hydroxylation is 1. The van der Waals surface area contributed by atoms with E-state index in [-0.39, 0.29) is 24.3 Å². The predicted octanol–water partition coefficient (Wildman–Crippen LogP) is 3.50. The fraction of sp³-hybridized carbons (Fsp3) is 0.348. The number of rotatable bonds is 9. The molecule has 30 heavy (non-hydrogen) atoms. The van der Waals surface area contributed by atoms with Gasteiger partial charge >= 0.3 is 0 Å². The maximum Gasteiger partial charge on any atom is 0.241 e. The normalized spacial score (nSPS) is 11.6. The van der Waals surface area contributed by atoms with Crippen LogP contribution in [-0.2, 0) is 20.8 Å². The van der Waals surface area contributed by atoms with Gasteiger partial charge in [-0.3, -0.25) is 19.3 Å². The molecule has 2 rings (SSSR count). The number of nitrogens with zero attached hydrogens (tertiary/aromatic N) is 1. The van der Waals surface area contributed by atoms with Crippen molar-refractivity contribution in [3.8, 4) is 0 Å². The summed E-state index contributed by atoms with van der Waals surface area (Å²) in [5, 5.41) is 8.40. The van der Waals surface area contributed by atoms with E-state index in [2.05, 4.69) is 22.9 Å². The highest BCUT2D eigenvalue weighted by molar-refractivity contribution is 5.96. The Balaban J connectivity index is 1.91. The molecule has 3 amide bonds. The Morgan fingerprint density at radius 1 is 0.833 bits per heavy atom. The lowest BCUT2D eigenvalue weighted by atomic mass is 10.1. The summed E-state index contributed by atoms with van der Waals surface area (Å²) in [6.07, 6.45) is 0.944. The van der Waals surface area contributed by atoms with Crippen molar-refractivity contribution in [2.24, 2.45) is 0 Å². The van der Waals surface area contributed by atoms with Crippen molar-refractivity contribution in [1.29, 1.82) is 0 Å². The van der Waals surface area contributed by atoms with E-state index >= 15 is 0 Å². The van der Waals surface area contributed by atoms with E-state index in [9.17, 15) is 14.4 Å². The van der Waals surface area contributed by atoms with Gasteiger partial charge in [-0.1, -0.05) is 26.0 Å². The van der Waals surface area contributed by atoms with Crippen molar-refractivity contribution in [1.82, 2.24) is 4.90 Å². The topological polar surface area (TPSA) is 90.5 Å². The third-order valence-corrected chi connectivity index (χ3v) is 4.80. The average Bonchev–Trinajstić information content (AvgIpc) is 2.73. The van der Waals surface area contributed by atoms with Crippen LogP contribution in [0.3, 0.4) is 0 Å². The number of nitrogens with one attached hydrogen (secondary N) is 3. The smallest absolute Gasteiger partial charge is 0.241 e. The summed E-state index contributed by atoms with van der Waals surface area (Å²) in [6.45, 7) is 7.86. The van der Waals surface area contributed by atoms with E-state index < -0.39 is 6.04 Å². The first-order valence-electron chi connectivity index (χ1n) is 10.1. The molecule has 0 bridgehead atoms. The van der Waals surface area contributed by atoms with Gasteiger partial charge in [0.2, 0.25) is 17.7 Å². The number of anilines is 3. The summed E-state index contributed by atoms with van der Waals surface area (Å²) in [6, 6.07) is 14.2. The molecule has 0 heterocycles. The maximum atomic E-state index is 12.6. The van der Waals surface area contributed by atoms with Gasteiger partial charge < -0.3 is 16.0 Å². The minimum Gasteiger partial charge on any atom is -0.326 e. The molecule has 0 aliphatic heterocycles. The summed E-state index contributed by atoms with van der Waals surface area (Å²) in [5.74, 6) is -0.524. The van der Waals surface area contributed by atoms with E-state index in [0.29, 0.717) is 17.9 Å². The number of amides is 3. The molecule has 2 aromatic carbocycles. The number of hydrogen-bond donors (Lipinski definition) is 3. The van der Waals surface area contributed by atoms with Gasteiger partial charge in [0.05, 0.1) is 12.6 Å². The first kappa shape index (κ1) is 23.1. The molecule has 7 nitrogen and oxygen atoms in total. The summed E-state index contributed by atoms with van der Waals surface area (Å²) in [5.41, 5.74) is 3.23. The average molecular weight is 411 g/mol. The Labute approximate surface area is 177 Å². The fourth-order valence-electron chi connectivity index (χ4n) is 2.98. The van der Waals surface area contributed by atoms with Gasteiger partial charge in [0.25, 0.3) is 0 Å². The van der Waals surface area contributed by atoms with Crippen LogP contribution in [0.25, 0.3) is 0 Å². The minimum atomic E-state index is -0.464. The van der Waals surface area contributed by atoms with Crippen LogP contribution in [0.2, 0.25) is 0 Å². The van der Waals surface area contributed by atoms with Crippen LogP contribution < -0.4 is 16.0 Å². The predicted molar refractivity (Wildman–Crippen MR) is 121 cm³/mol. The van der Waals surface area contributed by atoms with E-state index in [4.69, 9.17) is 0 Å². The standard InChI is InChI=1S/C23H30N4O3/c1-5-18-7-9-21(10-8-18)26-23(30)16(3)27(6-2)15-22(29)25-20-13-11-19(12-14-20)24-17(4)28/h7-14,16H,5-6,15H2,1-4H3,(H,24,28)(H,25,29)(H,26,30).